The predicted octanol–water partition coefficient (Wildman–Crippen LogP) is 5.46. The van der Waals surface area contributed by atoms with E-state index in [0.717, 1.165) is 22.0 Å². The van der Waals surface area contributed by atoms with E-state index in [0.29, 0.717) is 5.69 Å². The van der Waals surface area contributed by atoms with Gasteiger partial charge in [-0.25, -0.2) is 4.79 Å². The normalized spacial score (nSPS) is 11.3. The molecule has 0 bridgehead atoms. The van der Waals surface area contributed by atoms with E-state index in [9.17, 15) is 9.59 Å². The molecule has 0 aliphatic rings. The molecule has 0 fully saturated rings. The molecule has 3 aromatic carbocycles. The van der Waals surface area contributed by atoms with Crippen LogP contribution in [0.5, 0.6) is 5.75 Å². The highest BCUT2D eigenvalue weighted by molar-refractivity contribution is 8.00. The molecule has 3 aromatic rings. The number of thioether (sulfide) groups is 1. The Morgan fingerprint density at radius 2 is 1.30 bits per heavy atom. The zero-order valence-corrected chi connectivity index (χ0v) is 17.5. The van der Waals surface area contributed by atoms with Gasteiger partial charge in [0, 0.05) is 22.0 Å². The first-order valence-corrected chi connectivity index (χ1v) is 10.3. The lowest BCUT2D eigenvalue weighted by molar-refractivity contribution is -0.115. The molecule has 154 valence electrons. The van der Waals surface area contributed by atoms with E-state index in [-0.39, 0.29) is 17.2 Å². The minimum absolute atomic E-state index is 0.0883. The van der Waals surface area contributed by atoms with E-state index in [1.165, 1.54) is 11.8 Å². The summed E-state index contributed by atoms with van der Waals surface area (Å²) in [6.07, 6.45) is 0. The van der Waals surface area contributed by atoms with Gasteiger partial charge in [0.1, 0.15) is 5.75 Å². The van der Waals surface area contributed by atoms with E-state index < -0.39 is 0 Å². The summed E-state index contributed by atoms with van der Waals surface area (Å²) in [5.74, 6) is 0.649. The molecule has 6 nitrogen and oxygen atoms in total. The molecule has 0 radical (unpaired) electrons. The van der Waals surface area contributed by atoms with Crippen LogP contribution in [0.4, 0.5) is 21.9 Å². The van der Waals surface area contributed by atoms with Crippen LogP contribution in [-0.4, -0.2) is 24.3 Å². The smallest absolute Gasteiger partial charge is 0.323 e. The largest absolute Gasteiger partial charge is 0.497 e. The van der Waals surface area contributed by atoms with Crippen LogP contribution >= 0.6 is 11.8 Å². The molecule has 0 saturated heterocycles. The third-order valence-corrected chi connectivity index (χ3v) is 5.30. The van der Waals surface area contributed by atoms with Gasteiger partial charge in [-0.15, -0.1) is 11.8 Å². The number of hydrogen-bond donors (Lipinski definition) is 3. The highest BCUT2D eigenvalue weighted by Gasteiger charge is 2.15. The molecule has 0 aromatic heterocycles. The van der Waals surface area contributed by atoms with Crippen LogP contribution < -0.4 is 20.7 Å². The molecular weight excluding hydrogens is 398 g/mol. The van der Waals surface area contributed by atoms with Crippen LogP contribution in [0.15, 0.2) is 83.8 Å². The highest BCUT2D eigenvalue weighted by Crippen LogP contribution is 2.26. The standard InChI is InChI=1S/C23H23N3O3S/c1-16(22(27)24-18-8-12-20(29-2)13-9-18)30-21-14-10-19(11-15-21)26-23(28)25-17-6-4-3-5-7-17/h3-16H,1-2H3,(H,24,27)(H2,25,26,28). The van der Waals surface area contributed by atoms with Crippen molar-refractivity contribution in [2.45, 2.75) is 17.1 Å². The predicted molar refractivity (Wildman–Crippen MR) is 122 cm³/mol. The van der Waals surface area contributed by atoms with Crippen LogP contribution in [0.1, 0.15) is 6.92 Å². The Balaban J connectivity index is 1.50. The maximum absolute atomic E-state index is 12.4. The van der Waals surface area contributed by atoms with E-state index >= 15 is 0 Å². The zero-order chi connectivity index (χ0) is 21.3. The lowest BCUT2D eigenvalue weighted by Crippen LogP contribution is -2.22. The van der Waals surface area contributed by atoms with E-state index in [1.54, 1.807) is 43.5 Å². The van der Waals surface area contributed by atoms with Gasteiger partial charge >= 0.3 is 6.03 Å². The molecule has 1 atom stereocenters. The lowest BCUT2D eigenvalue weighted by Gasteiger charge is -2.13. The van der Waals surface area contributed by atoms with Crippen LogP contribution in [0, 0.1) is 0 Å². The molecule has 3 rings (SSSR count). The number of hydrogen-bond acceptors (Lipinski definition) is 4. The van der Waals surface area contributed by atoms with Crippen LogP contribution in [0.25, 0.3) is 0 Å². The molecule has 7 heteroatoms. The summed E-state index contributed by atoms with van der Waals surface area (Å²) in [4.78, 5) is 25.4. The summed E-state index contributed by atoms with van der Waals surface area (Å²) in [5.41, 5.74) is 2.11. The number of amides is 3. The molecule has 0 aliphatic carbocycles. The second-order valence-corrected chi connectivity index (χ2v) is 7.86. The van der Waals surface area contributed by atoms with Crippen LogP contribution in [0.3, 0.4) is 0 Å². The average molecular weight is 422 g/mol. The van der Waals surface area contributed by atoms with Crippen LogP contribution in [-0.2, 0) is 4.79 Å². The van der Waals surface area contributed by atoms with Gasteiger partial charge in [0.2, 0.25) is 5.91 Å². The molecule has 0 spiro atoms. The molecule has 0 saturated carbocycles. The average Bonchev–Trinajstić information content (AvgIpc) is 2.76. The molecule has 0 aliphatic heterocycles. The second kappa shape index (κ2) is 10.4. The van der Waals surface area contributed by atoms with Crippen molar-refractivity contribution in [1.29, 1.82) is 0 Å². The minimum atomic E-state index is -0.311. The summed E-state index contributed by atoms with van der Waals surface area (Å²) >= 11 is 1.44. The van der Waals surface area contributed by atoms with Gasteiger partial charge in [0.05, 0.1) is 12.4 Å². The van der Waals surface area contributed by atoms with Crippen molar-refractivity contribution in [3.05, 3.63) is 78.9 Å². The Hall–Kier alpha value is -3.45. The van der Waals surface area contributed by atoms with Gasteiger partial charge in [0.25, 0.3) is 0 Å². The zero-order valence-electron chi connectivity index (χ0n) is 16.7. The minimum Gasteiger partial charge on any atom is -0.497 e. The summed E-state index contributed by atoms with van der Waals surface area (Å²) in [6, 6.07) is 23.5. The molecular formula is C23H23N3O3S. The Morgan fingerprint density at radius 1 is 0.767 bits per heavy atom. The number of para-hydroxylation sites is 1. The van der Waals surface area contributed by atoms with E-state index in [1.807, 2.05) is 49.4 Å². The number of carbonyl (C=O) groups excluding carboxylic acids is 2. The summed E-state index contributed by atoms with van der Waals surface area (Å²) in [5, 5.41) is 8.16. The number of nitrogens with one attached hydrogen (secondary N) is 3. The lowest BCUT2D eigenvalue weighted by atomic mass is 10.3. The quantitative estimate of drug-likeness (QED) is 0.443. The SMILES string of the molecule is COc1ccc(NC(=O)C(C)Sc2ccc(NC(=O)Nc3ccccc3)cc2)cc1. The number of methoxy groups -OCH3 is 1. The van der Waals surface area contributed by atoms with Crippen molar-refractivity contribution in [1.82, 2.24) is 0 Å². The van der Waals surface area contributed by atoms with Crippen molar-refractivity contribution in [3.8, 4) is 5.75 Å². The first-order chi connectivity index (χ1) is 14.5. The molecule has 30 heavy (non-hydrogen) atoms. The van der Waals surface area contributed by atoms with Gasteiger partial charge < -0.3 is 20.7 Å². The topological polar surface area (TPSA) is 79.5 Å². The third kappa shape index (κ3) is 6.28. The Kier molecular flexibility index (Phi) is 7.34. The van der Waals surface area contributed by atoms with Crippen molar-refractivity contribution in [3.63, 3.8) is 0 Å². The molecule has 3 N–H and O–H groups in total. The fraction of sp³-hybridized carbons (Fsp3) is 0.130. The first kappa shape index (κ1) is 21.3. The Morgan fingerprint density at radius 3 is 1.90 bits per heavy atom. The van der Waals surface area contributed by atoms with E-state index in [2.05, 4.69) is 16.0 Å². The van der Waals surface area contributed by atoms with Crippen molar-refractivity contribution in [2.24, 2.45) is 0 Å². The van der Waals surface area contributed by atoms with Crippen LogP contribution in [0.2, 0.25) is 0 Å². The van der Waals surface area contributed by atoms with Gasteiger partial charge in [-0.2, -0.15) is 0 Å². The van der Waals surface area contributed by atoms with Crippen molar-refractivity contribution < 1.29 is 14.3 Å². The highest BCUT2D eigenvalue weighted by atomic mass is 32.2. The third-order valence-electron chi connectivity index (χ3n) is 4.18. The number of ether oxygens (including phenoxy) is 1. The van der Waals surface area contributed by atoms with Gasteiger partial charge in [0.15, 0.2) is 0 Å². The van der Waals surface area contributed by atoms with Crippen molar-refractivity contribution in [2.75, 3.05) is 23.1 Å². The summed E-state index contributed by atoms with van der Waals surface area (Å²) in [7, 11) is 1.60. The number of benzene rings is 3. The van der Waals surface area contributed by atoms with Gasteiger partial charge in [-0.3, -0.25) is 4.79 Å². The van der Waals surface area contributed by atoms with Gasteiger partial charge in [-0.1, -0.05) is 18.2 Å². The molecule has 1 unspecified atom stereocenters. The number of carbonyl (C=O) groups is 2. The fourth-order valence-corrected chi connectivity index (χ4v) is 3.48. The van der Waals surface area contributed by atoms with Gasteiger partial charge in [-0.05, 0) is 67.6 Å². The Bertz CT molecular complexity index is 977. The fourth-order valence-electron chi connectivity index (χ4n) is 2.61. The maximum atomic E-state index is 12.4. The Labute approximate surface area is 180 Å². The second-order valence-electron chi connectivity index (χ2n) is 6.45. The number of anilines is 3. The number of urea groups is 1. The molecule has 0 heterocycles. The van der Waals surface area contributed by atoms with Crippen molar-refractivity contribution >= 4 is 40.8 Å². The maximum Gasteiger partial charge on any atom is 0.323 e. The number of rotatable bonds is 7. The molecule has 3 amide bonds. The monoisotopic (exact) mass is 421 g/mol. The summed E-state index contributed by atoms with van der Waals surface area (Å²) < 4.78 is 5.12. The first-order valence-electron chi connectivity index (χ1n) is 9.38. The van der Waals surface area contributed by atoms with E-state index in [4.69, 9.17) is 4.74 Å². The summed E-state index contributed by atoms with van der Waals surface area (Å²) in [6.45, 7) is 1.85.